The molecule has 0 aliphatic carbocycles. The van der Waals surface area contributed by atoms with Gasteiger partial charge >= 0.3 is 12.3 Å². The Labute approximate surface area is 295 Å². The lowest BCUT2D eigenvalue weighted by Gasteiger charge is -2.27. The number of fused-ring (bicyclic) bond motifs is 1. The summed E-state index contributed by atoms with van der Waals surface area (Å²) in [6, 6.07) is 10.2. The van der Waals surface area contributed by atoms with E-state index in [4.69, 9.17) is 9.15 Å². The van der Waals surface area contributed by atoms with E-state index in [0.717, 1.165) is 29.4 Å². The van der Waals surface area contributed by atoms with Crippen molar-refractivity contribution in [1.82, 2.24) is 15.5 Å². The first-order valence-electron chi connectivity index (χ1n) is 15.7. The van der Waals surface area contributed by atoms with Gasteiger partial charge < -0.3 is 19.4 Å². The second-order valence-electron chi connectivity index (χ2n) is 13.8. The minimum absolute atomic E-state index is 0.372. The summed E-state index contributed by atoms with van der Waals surface area (Å²) in [6.07, 6.45) is -5.99. The van der Waals surface area contributed by atoms with Crippen LogP contribution in [0.5, 0.6) is 0 Å². The Morgan fingerprint density at radius 3 is 2.10 bits per heavy atom. The van der Waals surface area contributed by atoms with Crippen molar-refractivity contribution in [3.8, 4) is 22.6 Å². The molecule has 3 aromatic carbocycles. The predicted molar refractivity (Wildman–Crippen MR) is 177 cm³/mol. The van der Waals surface area contributed by atoms with Crippen LogP contribution in [0.15, 0.2) is 65.1 Å². The minimum Gasteiger partial charge on any atom is -0.444 e. The number of rotatable bonds is 7. The van der Waals surface area contributed by atoms with Gasteiger partial charge in [0, 0.05) is 18.2 Å². The number of hydrogen-bond acceptors (Lipinski definition) is 8. The van der Waals surface area contributed by atoms with E-state index in [0.29, 0.717) is 22.8 Å². The molecule has 52 heavy (non-hydrogen) atoms. The summed E-state index contributed by atoms with van der Waals surface area (Å²) in [5.74, 6) is -7.07. The summed E-state index contributed by atoms with van der Waals surface area (Å²) in [6.45, 7) is 6.80. The van der Waals surface area contributed by atoms with E-state index < -0.39 is 96.7 Å². The van der Waals surface area contributed by atoms with E-state index in [-0.39, 0.29) is 6.54 Å². The van der Waals surface area contributed by atoms with Gasteiger partial charge in [0.25, 0.3) is 11.8 Å². The summed E-state index contributed by atoms with van der Waals surface area (Å²) < 4.78 is 121. The fraction of sp³-hybridized carbons (Fsp3) is 0.371. The standard InChI is InChI=1S/C35H34F6N4O6S/c1-32(2,3)51-31(47)42-26-17-34(37,38)24-16-25(36)23(28-43-44-30(50-28)33(4,5)52(6,48)49)15-27(24)45(29(26)46)18-19-7-9-20(10-8-19)21-11-13-22(14-12-21)35(39,40)41/h7-16,26H,17-18H2,1-6H3,(H,42,47)/t26-/m0/s1. The molecule has 0 saturated carbocycles. The fourth-order valence-corrected chi connectivity index (χ4v) is 5.70. The van der Waals surface area contributed by atoms with Gasteiger partial charge in [-0.25, -0.2) is 26.4 Å². The van der Waals surface area contributed by atoms with Crippen molar-refractivity contribution in [3.05, 3.63) is 89.1 Å². The van der Waals surface area contributed by atoms with Crippen molar-refractivity contribution in [3.63, 3.8) is 0 Å². The largest absolute Gasteiger partial charge is 0.444 e. The maximum atomic E-state index is 16.0. The Morgan fingerprint density at radius 2 is 1.56 bits per heavy atom. The number of alkyl halides is 5. The molecule has 0 spiro atoms. The van der Waals surface area contributed by atoms with Crippen LogP contribution in [0.3, 0.4) is 0 Å². The number of benzene rings is 3. The Bertz CT molecular complexity index is 2110. The molecule has 0 radical (unpaired) electrons. The van der Waals surface area contributed by atoms with Gasteiger partial charge in [0.15, 0.2) is 9.84 Å². The van der Waals surface area contributed by atoms with Crippen molar-refractivity contribution >= 4 is 27.5 Å². The van der Waals surface area contributed by atoms with Crippen LogP contribution in [0.2, 0.25) is 0 Å². The SMILES string of the molecule is CC(C)(C)OC(=O)N[C@H]1CC(F)(F)c2cc(F)c(-c3nnc(C(C)(C)S(C)(=O)=O)o3)cc2N(Cc2ccc(-c3ccc(C(F)(F)F)cc3)cc2)C1=O. The number of ether oxygens (including phenoxy) is 1. The van der Waals surface area contributed by atoms with Crippen LogP contribution in [0.25, 0.3) is 22.6 Å². The van der Waals surface area contributed by atoms with E-state index >= 15 is 13.2 Å². The highest BCUT2D eigenvalue weighted by Crippen LogP contribution is 2.45. The molecule has 0 unspecified atom stereocenters. The van der Waals surface area contributed by atoms with Crippen LogP contribution < -0.4 is 10.2 Å². The van der Waals surface area contributed by atoms with Gasteiger partial charge in [-0.1, -0.05) is 36.4 Å². The number of hydrogen-bond donors (Lipinski definition) is 1. The number of halogens is 6. The van der Waals surface area contributed by atoms with Gasteiger partial charge in [0.05, 0.1) is 23.4 Å². The van der Waals surface area contributed by atoms with E-state index in [2.05, 4.69) is 15.5 Å². The highest BCUT2D eigenvalue weighted by atomic mass is 32.2. The molecule has 4 aromatic rings. The van der Waals surface area contributed by atoms with Gasteiger partial charge in [-0.2, -0.15) is 13.2 Å². The molecule has 2 heterocycles. The Hall–Kier alpha value is -4.93. The fourth-order valence-electron chi connectivity index (χ4n) is 5.30. The van der Waals surface area contributed by atoms with E-state index in [1.54, 1.807) is 12.1 Å². The van der Waals surface area contributed by atoms with Crippen molar-refractivity contribution in [2.75, 3.05) is 11.2 Å². The molecule has 0 fully saturated rings. The first-order chi connectivity index (χ1) is 23.9. The average molecular weight is 753 g/mol. The first kappa shape index (κ1) is 38.3. The van der Waals surface area contributed by atoms with Crippen molar-refractivity contribution in [2.24, 2.45) is 0 Å². The maximum Gasteiger partial charge on any atom is 0.416 e. The molecule has 10 nitrogen and oxygen atoms in total. The zero-order valence-corrected chi connectivity index (χ0v) is 29.5. The van der Waals surface area contributed by atoms with Gasteiger partial charge in [-0.3, -0.25) is 4.79 Å². The smallest absolute Gasteiger partial charge is 0.416 e. The monoisotopic (exact) mass is 752 g/mol. The number of anilines is 1. The van der Waals surface area contributed by atoms with Gasteiger partial charge in [-0.15, -0.1) is 10.2 Å². The number of nitrogens with zero attached hydrogens (tertiary/aromatic N) is 3. The number of carbonyl (C=O) groups excluding carboxylic acids is 2. The molecule has 1 aromatic heterocycles. The summed E-state index contributed by atoms with van der Waals surface area (Å²) in [5.41, 5.74) is -2.39. The maximum absolute atomic E-state index is 16.0. The minimum atomic E-state index is -4.52. The first-order valence-corrected chi connectivity index (χ1v) is 17.6. The topological polar surface area (TPSA) is 132 Å². The summed E-state index contributed by atoms with van der Waals surface area (Å²) in [5, 5.41) is 9.72. The number of amides is 2. The van der Waals surface area contributed by atoms with Crippen LogP contribution in [0, 0.1) is 5.82 Å². The molecule has 0 saturated heterocycles. The number of sulfone groups is 1. The number of carbonyl (C=O) groups is 2. The normalized spacial score (nSPS) is 16.7. The quantitative estimate of drug-likeness (QED) is 0.190. The highest BCUT2D eigenvalue weighted by Gasteiger charge is 2.47. The van der Waals surface area contributed by atoms with E-state index in [1.807, 2.05) is 0 Å². The molecule has 17 heteroatoms. The van der Waals surface area contributed by atoms with Crippen LogP contribution in [-0.2, 0) is 42.8 Å². The molecule has 278 valence electrons. The second kappa shape index (κ2) is 13.2. The van der Waals surface area contributed by atoms with E-state index in [9.17, 15) is 31.2 Å². The molecule has 1 atom stereocenters. The molecule has 5 rings (SSSR count). The number of nitrogens with one attached hydrogen (secondary N) is 1. The zero-order valence-electron chi connectivity index (χ0n) is 28.7. The van der Waals surface area contributed by atoms with Crippen LogP contribution in [0.4, 0.5) is 36.8 Å². The summed E-state index contributed by atoms with van der Waals surface area (Å²) in [7, 11) is -3.81. The van der Waals surface area contributed by atoms with Crippen molar-refractivity contribution < 1.29 is 53.5 Å². The Kier molecular flexibility index (Phi) is 9.75. The summed E-state index contributed by atoms with van der Waals surface area (Å²) in [4.78, 5) is 27.7. The molecule has 1 aliphatic heterocycles. The lowest BCUT2D eigenvalue weighted by atomic mass is 9.99. The summed E-state index contributed by atoms with van der Waals surface area (Å²) >= 11 is 0. The lowest BCUT2D eigenvalue weighted by Crippen LogP contribution is -2.49. The Balaban J connectivity index is 1.58. The molecular formula is C35H34F6N4O6S. The van der Waals surface area contributed by atoms with Crippen molar-refractivity contribution in [1.29, 1.82) is 0 Å². The van der Waals surface area contributed by atoms with Crippen molar-refractivity contribution in [2.45, 2.75) is 76.1 Å². The zero-order chi connectivity index (χ0) is 38.6. The number of alkyl carbamates (subject to hydrolysis) is 1. The third kappa shape index (κ3) is 7.93. The molecule has 0 bridgehead atoms. The molecule has 2 amide bonds. The molecule has 1 N–H and O–H groups in total. The van der Waals surface area contributed by atoms with Crippen LogP contribution in [0.1, 0.15) is 63.6 Å². The lowest BCUT2D eigenvalue weighted by molar-refractivity contribution is -0.137. The van der Waals surface area contributed by atoms with Gasteiger partial charge in [0.1, 0.15) is 22.2 Å². The third-order valence-corrected chi connectivity index (χ3v) is 10.5. The molecule has 1 aliphatic rings. The second-order valence-corrected chi connectivity index (χ2v) is 16.4. The predicted octanol–water partition coefficient (Wildman–Crippen LogP) is 7.76. The number of aromatic nitrogens is 2. The highest BCUT2D eigenvalue weighted by molar-refractivity contribution is 7.91. The van der Waals surface area contributed by atoms with Gasteiger partial charge in [-0.05, 0) is 75.6 Å². The average Bonchev–Trinajstić information content (AvgIpc) is 3.50. The van der Waals surface area contributed by atoms with Gasteiger partial charge in [0.2, 0.25) is 11.8 Å². The van der Waals surface area contributed by atoms with E-state index in [1.165, 1.54) is 58.9 Å². The van der Waals surface area contributed by atoms with Crippen LogP contribution >= 0.6 is 0 Å². The molecular weight excluding hydrogens is 718 g/mol. The third-order valence-electron chi connectivity index (χ3n) is 8.42. The Morgan fingerprint density at radius 1 is 0.981 bits per heavy atom. The van der Waals surface area contributed by atoms with Crippen LogP contribution in [-0.4, -0.2) is 48.5 Å².